The third-order valence-corrected chi connectivity index (χ3v) is 8.05. The summed E-state index contributed by atoms with van der Waals surface area (Å²) in [5.74, 6) is -3.08. The smallest absolute Gasteiger partial charge is 0.408 e. The van der Waals surface area contributed by atoms with Crippen molar-refractivity contribution in [2.45, 2.75) is 69.1 Å². The second-order valence-electron chi connectivity index (χ2n) is 11.4. The Balaban J connectivity index is 1.44. The van der Waals surface area contributed by atoms with Crippen molar-refractivity contribution in [3.8, 4) is 0 Å². The van der Waals surface area contributed by atoms with E-state index in [1.165, 1.54) is 60.7 Å². The van der Waals surface area contributed by atoms with Crippen LogP contribution in [0.4, 0.5) is 36.8 Å². The van der Waals surface area contributed by atoms with E-state index < -0.39 is 71.9 Å². The highest BCUT2D eigenvalue weighted by molar-refractivity contribution is 5.85. The monoisotopic (exact) mass is 666 g/mol. The molecule has 1 fully saturated rings. The Hall–Kier alpha value is -4.30. The molecule has 4 rings (SSSR count). The number of carbonyl (C=O) groups excluding carboxylic acids is 2. The van der Waals surface area contributed by atoms with Crippen molar-refractivity contribution >= 4 is 17.7 Å². The maximum absolute atomic E-state index is 15.2. The summed E-state index contributed by atoms with van der Waals surface area (Å²) in [7, 11) is 0. The molecule has 0 saturated carbocycles. The molecular weight excluding hydrogens is 630 g/mol. The number of ether oxygens (including phenoxy) is 2. The number of halogens is 6. The third kappa shape index (κ3) is 9.61. The third-order valence-electron chi connectivity index (χ3n) is 8.05. The van der Waals surface area contributed by atoms with Gasteiger partial charge in [0.2, 0.25) is 5.91 Å². The van der Waals surface area contributed by atoms with Gasteiger partial charge in [0, 0.05) is 23.7 Å². The molecule has 0 aromatic heterocycles. The van der Waals surface area contributed by atoms with Gasteiger partial charge in [-0.15, -0.1) is 0 Å². The molecule has 1 saturated heterocycles. The van der Waals surface area contributed by atoms with Gasteiger partial charge in [-0.3, -0.25) is 4.79 Å². The zero-order valence-electron chi connectivity index (χ0n) is 25.6. The molecule has 0 radical (unpaired) electrons. The summed E-state index contributed by atoms with van der Waals surface area (Å²) < 4.78 is 91.8. The normalized spacial score (nSPS) is 19.6. The number of anilines is 1. The summed E-state index contributed by atoms with van der Waals surface area (Å²) >= 11 is 0. The van der Waals surface area contributed by atoms with Crippen molar-refractivity contribution in [1.29, 1.82) is 0 Å². The van der Waals surface area contributed by atoms with Crippen LogP contribution in [-0.4, -0.2) is 61.7 Å². The van der Waals surface area contributed by atoms with Gasteiger partial charge >= 0.3 is 12.3 Å². The standard InChI is InChI=1S/C33H36F6N4O4/c1-18-28(17-46-32(45)42-19(2)33(37,38)39)41-16-24(47-18)14-15-25-26(36)4-3-5-27(25)43-30(31(40)44)29(20-6-10-22(34)11-7-20)21-8-12-23(35)13-9-21/h3-13,18-19,24,28-30,41,43H,14-17H2,1-2H3,(H2,40,44)(H,42,45)/t18-,19-,24+,28+,30-/m0/s1. The fourth-order valence-corrected chi connectivity index (χ4v) is 5.38. The summed E-state index contributed by atoms with van der Waals surface area (Å²) in [4.78, 5) is 24.7. The molecule has 0 spiro atoms. The number of nitrogens with two attached hydrogens (primary N) is 1. The Bertz CT molecular complexity index is 1460. The van der Waals surface area contributed by atoms with Crippen LogP contribution in [0.15, 0.2) is 66.7 Å². The molecule has 47 heavy (non-hydrogen) atoms. The van der Waals surface area contributed by atoms with Gasteiger partial charge in [-0.05, 0) is 74.2 Å². The van der Waals surface area contributed by atoms with E-state index >= 15 is 4.39 Å². The van der Waals surface area contributed by atoms with E-state index in [1.54, 1.807) is 18.3 Å². The Kier molecular flexibility index (Phi) is 11.7. The van der Waals surface area contributed by atoms with Crippen molar-refractivity contribution in [2.24, 2.45) is 5.73 Å². The van der Waals surface area contributed by atoms with Crippen LogP contribution in [0.5, 0.6) is 0 Å². The first-order valence-electron chi connectivity index (χ1n) is 15.0. The number of nitrogens with one attached hydrogen (secondary N) is 3. The van der Waals surface area contributed by atoms with Gasteiger partial charge in [-0.25, -0.2) is 18.0 Å². The number of alkyl halides is 3. The van der Waals surface area contributed by atoms with Gasteiger partial charge in [0.1, 0.15) is 36.1 Å². The molecule has 1 aliphatic rings. The lowest BCUT2D eigenvalue weighted by molar-refractivity contribution is -0.150. The lowest BCUT2D eigenvalue weighted by atomic mass is 9.84. The van der Waals surface area contributed by atoms with E-state index in [0.717, 1.165) is 6.92 Å². The van der Waals surface area contributed by atoms with Crippen molar-refractivity contribution in [1.82, 2.24) is 10.6 Å². The quantitative estimate of drug-likeness (QED) is 0.189. The average Bonchev–Trinajstić information content (AvgIpc) is 3.01. The predicted octanol–water partition coefficient (Wildman–Crippen LogP) is 5.56. The first-order chi connectivity index (χ1) is 22.2. The summed E-state index contributed by atoms with van der Waals surface area (Å²) in [6.07, 6.45) is -6.19. The minimum absolute atomic E-state index is 0.177. The molecule has 3 aromatic carbocycles. The number of amides is 2. The Morgan fingerprint density at radius 3 is 2.13 bits per heavy atom. The van der Waals surface area contributed by atoms with Crippen LogP contribution in [-0.2, 0) is 20.7 Å². The lowest BCUT2D eigenvalue weighted by Gasteiger charge is -2.35. The number of alkyl carbamates (subject to hydrolysis) is 1. The molecule has 2 amide bonds. The van der Waals surface area contributed by atoms with Gasteiger partial charge in [-0.2, -0.15) is 13.2 Å². The molecule has 14 heteroatoms. The maximum atomic E-state index is 15.2. The van der Waals surface area contributed by atoms with E-state index in [4.69, 9.17) is 15.2 Å². The van der Waals surface area contributed by atoms with Gasteiger partial charge in [0.25, 0.3) is 0 Å². The van der Waals surface area contributed by atoms with E-state index in [1.807, 2.05) is 0 Å². The summed E-state index contributed by atoms with van der Waals surface area (Å²) in [6.45, 7) is 2.57. The van der Waals surface area contributed by atoms with Crippen molar-refractivity contribution in [2.75, 3.05) is 18.5 Å². The maximum Gasteiger partial charge on any atom is 0.408 e. The zero-order valence-corrected chi connectivity index (χ0v) is 25.6. The zero-order chi connectivity index (χ0) is 34.3. The molecule has 1 aliphatic heterocycles. The van der Waals surface area contributed by atoms with Gasteiger partial charge in [-0.1, -0.05) is 30.3 Å². The van der Waals surface area contributed by atoms with E-state index in [9.17, 15) is 31.5 Å². The number of carbonyl (C=O) groups is 2. The first kappa shape index (κ1) is 35.6. The largest absolute Gasteiger partial charge is 0.448 e. The first-order valence-corrected chi connectivity index (χ1v) is 15.0. The van der Waals surface area contributed by atoms with Crippen LogP contribution < -0.4 is 21.7 Å². The highest BCUT2D eigenvalue weighted by atomic mass is 19.4. The fraction of sp³-hybridized carbons (Fsp3) is 0.394. The second-order valence-corrected chi connectivity index (χ2v) is 11.4. The molecule has 0 unspecified atom stereocenters. The average molecular weight is 667 g/mol. The number of morpholine rings is 1. The Morgan fingerprint density at radius 1 is 1.00 bits per heavy atom. The van der Waals surface area contributed by atoms with E-state index in [2.05, 4.69) is 10.6 Å². The molecule has 1 heterocycles. The van der Waals surface area contributed by atoms with Gasteiger partial charge in [0.15, 0.2) is 0 Å². The van der Waals surface area contributed by atoms with Crippen molar-refractivity contribution in [3.63, 3.8) is 0 Å². The molecule has 5 N–H and O–H groups in total. The summed E-state index contributed by atoms with van der Waals surface area (Å²) in [6, 6.07) is 11.6. The molecule has 3 aromatic rings. The van der Waals surface area contributed by atoms with E-state index in [-0.39, 0.29) is 25.1 Å². The van der Waals surface area contributed by atoms with Crippen LogP contribution in [0.1, 0.15) is 42.9 Å². The second kappa shape index (κ2) is 15.5. The van der Waals surface area contributed by atoms with Gasteiger partial charge < -0.3 is 31.2 Å². The lowest BCUT2D eigenvalue weighted by Crippen LogP contribution is -2.54. The molecule has 8 nitrogen and oxygen atoms in total. The predicted molar refractivity (Wildman–Crippen MR) is 162 cm³/mol. The Labute approximate surface area is 268 Å². The number of rotatable bonds is 12. The summed E-state index contributed by atoms with van der Waals surface area (Å²) in [5.41, 5.74) is 7.45. The minimum atomic E-state index is -4.60. The van der Waals surface area contributed by atoms with Crippen LogP contribution in [0.2, 0.25) is 0 Å². The number of benzene rings is 3. The molecule has 254 valence electrons. The minimum Gasteiger partial charge on any atom is -0.448 e. The highest BCUT2D eigenvalue weighted by Crippen LogP contribution is 2.33. The van der Waals surface area contributed by atoms with Crippen LogP contribution in [0.25, 0.3) is 0 Å². The molecule has 5 atom stereocenters. The van der Waals surface area contributed by atoms with Gasteiger partial charge in [0.05, 0.1) is 18.2 Å². The van der Waals surface area contributed by atoms with Crippen LogP contribution >= 0.6 is 0 Å². The molecule has 0 bridgehead atoms. The fourth-order valence-electron chi connectivity index (χ4n) is 5.38. The highest BCUT2D eigenvalue weighted by Gasteiger charge is 2.38. The van der Waals surface area contributed by atoms with Crippen LogP contribution in [0, 0.1) is 17.5 Å². The van der Waals surface area contributed by atoms with Crippen LogP contribution in [0.3, 0.4) is 0 Å². The summed E-state index contributed by atoms with van der Waals surface area (Å²) in [5, 5.41) is 7.96. The number of primary amides is 1. The van der Waals surface area contributed by atoms with Crippen molar-refractivity contribution < 1.29 is 45.4 Å². The Morgan fingerprint density at radius 2 is 1.60 bits per heavy atom. The number of hydrogen-bond donors (Lipinski definition) is 4. The SMILES string of the molecule is C[C@@H]1O[C@H](CCc2c(F)cccc2N[C@H](C(N)=O)C(c2ccc(F)cc2)c2ccc(F)cc2)CN[C@@H]1COC(=O)N[C@@H](C)C(F)(F)F. The van der Waals surface area contributed by atoms with E-state index in [0.29, 0.717) is 23.2 Å². The number of hydrogen-bond acceptors (Lipinski definition) is 6. The van der Waals surface area contributed by atoms with Crippen molar-refractivity contribution in [3.05, 3.63) is 101 Å². The molecular formula is C33H36F6N4O4. The topological polar surface area (TPSA) is 115 Å². The molecule has 0 aliphatic carbocycles.